The molecule has 0 amide bonds. The second kappa shape index (κ2) is 6.57. The minimum Gasteiger partial charge on any atom is -0.495 e. The van der Waals surface area contributed by atoms with Crippen LogP contribution in [0.1, 0.15) is 13.3 Å². The Bertz CT molecular complexity index is 426. The molecule has 1 fully saturated rings. The van der Waals surface area contributed by atoms with Crippen molar-refractivity contribution in [3.63, 3.8) is 0 Å². The molecule has 0 spiro atoms. The number of piperazine rings is 1. The van der Waals surface area contributed by atoms with Crippen LogP contribution in [0.4, 0.5) is 5.69 Å². The molecule has 1 saturated heterocycles. The van der Waals surface area contributed by atoms with Gasteiger partial charge in [0.05, 0.1) is 19.3 Å². The summed E-state index contributed by atoms with van der Waals surface area (Å²) in [6, 6.07) is 8.09. The fourth-order valence-electron chi connectivity index (χ4n) is 2.40. The number of hydrogen-bond acceptors (Lipinski definition) is 4. The smallest absolute Gasteiger partial charge is 0.146 e. The highest BCUT2D eigenvalue weighted by molar-refractivity contribution is 5.80. The maximum atomic E-state index is 11.5. The zero-order valence-electron chi connectivity index (χ0n) is 11.8. The fraction of sp³-hybridized carbons (Fsp3) is 0.533. The predicted molar refractivity (Wildman–Crippen MR) is 76.9 cm³/mol. The lowest BCUT2D eigenvalue weighted by Crippen LogP contribution is -2.48. The van der Waals surface area contributed by atoms with Gasteiger partial charge in [-0.25, -0.2) is 0 Å². The molecule has 19 heavy (non-hydrogen) atoms. The van der Waals surface area contributed by atoms with Crippen molar-refractivity contribution in [2.45, 2.75) is 13.3 Å². The van der Waals surface area contributed by atoms with Crippen LogP contribution in [0, 0.1) is 0 Å². The monoisotopic (exact) mass is 262 g/mol. The molecule has 0 saturated carbocycles. The van der Waals surface area contributed by atoms with Crippen molar-refractivity contribution >= 4 is 11.5 Å². The van der Waals surface area contributed by atoms with Gasteiger partial charge in [-0.2, -0.15) is 0 Å². The first-order valence-electron chi connectivity index (χ1n) is 6.86. The van der Waals surface area contributed by atoms with E-state index in [0.29, 0.717) is 18.7 Å². The molecule has 1 aliphatic rings. The molecular weight excluding hydrogens is 240 g/mol. The Morgan fingerprint density at radius 1 is 1.21 bits per heavy atom. The predicted octanol–water partition coefficient (Wildman–Crippen LogP) is 1.80. The summed E-state index contributed by atoms with van der Waals surface area (Å²) in [5.74, 6) is 1.24. The van der Waals surface area contributed by atoms with Gasteiger partial charge in [0.2, 0.25) is 0 Å². The molecule has 2 rings (SSSR count). The van der Waals surface area contributed by atoms with Crippen molar-refractivity contribution in [3.05, 3.63) is 24.3 Å². The van der Waals surface area contributed by atoms with Crippen LogP contribution < -0.4 is 9.64 Å². The van der Waals surface area contributed by atoms with Crippen LogP contribution in [-0.2, 0) is 4.79 Å². The number of benzene rings is 1. The van der Waals surface area contributed by atoms with Crippen molar-refractivity contribution < 1.29 is 9.53 Å². The molecule has 4 heteroatoms. The van der Waals surface area contributed by atoms with Gasteiger partial charge in [0.1, 0.15) is 11.5 Å². The summed E-state index contributed by atoms with van der Waals surface area (Å²) in [4.78, 5) is 16.0. The van der Waals surface area contributed by atoms with Crippen LogP contribution in [0.2, 0.25) is 0 Å². The highest BCUT2D eigenvalue weighted by Crippen LogP contribution is 2.28. The van der Waals surface area contributed by atoms with E-state index < -0.39 is 0 Å². The molecule has 1 heterocycles. The molecule has 1 aromatic rings. The number of nitrogens with zero attached hydrogens (tertiary/aromatic N) is 2. The lowest BCUT2D eigenvalue weighted by molar-refractivity contribution is -0.119. The molecular formula is C15H22N2O2. The summed E-state index contributed by atoms with van der Waals surface area (Å²) in [5, 5.41) is 0. The van der Waals surface area contributed by atoms with Crippen LogP contribution in [0.3, 0.4) is 0 Å². The van der Waals surface area contributed by atoms with E-state index in [-0.39, 0.29) is 0 Å². The number of para-hydroxylation sites is 2. The second-order valence-corrected chi connectivity index (χ2v) is 4.83. The van der Waals surface area contributed by atoms with E-state index in [0.717, 1.165) is 37.6 Å². The van der Waals surface area contributed by atoms with Crippen molar-refractivity contribution in [2.75, 3.05) is 44.7 Å². The van der Waals surface area contributed by atoms with Gasteiger partial charge in [-0.3, -0.25) is 9.69 Å². The maximum absolute atomic E-state index is 11.5. The largest absolute Gasteiger partial charge is 0.495 e. The number of anilines is 1. The minimum absolute atomic E-state index is 0.325. The molecule has 4 nitrogen and oxygen atoms in total. The molecule has 0 aromatic heterocycles. The molecule has 104 valence electrons. The van der Waals surface area contributed by atoms with Crippen molar-refractivity contribution in [3.8, 4) is 5.75 Å². The van der Waals surface area contributed by atoms with Crippen LogP contribution in [0.15, 0.2) is 24.3 Å². The van der Waals surface area contributed by atoms with E-state index in [4.69, 9.17) is 4.74 Å². The number of ether oxygens (including phenoxy) is 1. The second-order valence-electron chi connectivity index (χ2n) is 4.83. The van der Waals surface area contributed by atoms with Gasteiger partial charge >= 0.3 is 0 Å². The van der Waals surface area contributed by atoms with Gasteiger partial charge in [0.25, 0.3) is 0 Å². The Kier molecular flexibility index (Phi) is 4.80. The molecule has 0 N–H and O–H groups in total. The van der Waals surface area contributed by atoms with Crippen LogP contribution in [0.5, 0.6) is 5.75 Å². The number of carbonyl (C=O) groups is 1. The number of ketones is 1. The molecule has 0 atom stereocenters. The van der Waals surface area contributed by atoms with Gasteiger partial charge in [-0.05, 0) is 12.1 Å². The summed E-state index contributed by atoms with van der Waals surface area (Å²) in [7, 11) is 1.70. The van der Waals surface area contributed by atoms with Crippen molar-refractivity contribution in [1.29, 1.82) is 0 Å². The lowest BCUT2D eigenvalue weighted by Gasteiger charge is -2.36. The number of rotatable bonds is 5. The average Bonchev–Trinajstić information content (AvgIpc) is 2.48. The fourth-order valence-corrected chi connectivity index (χ4v) is 2.40. The molecule has 0 radical (unpaired) electrons. The highest BCUT2D eigenvalue weighted by Gasteiger charge is 2.20. The summed E-state index contributed by atoms with van der Waals surface area (Å²) >= 11 is 0. The summed E-state index contributed by atoms with van der Waals surface area (Å²) in [6.07, 6.45) is 0.632. The highest BCUT2D eigenvalue weighted by atomic mass is 16.5. The van der Waals surface area contributed by atoms with Crippen LogP contribution in [0.25, 0.3) is 0 Å². The number of methoxy groups -OCH3 is 1. The molecule has 1 aromatic carbocycles. The average molecular weight is 262 g/mol. The first-order chi connectivity index (χ1) is 9.24. The summed E-state index contributed by atoms with van der Waals surface area (Å²) in [5.41, 5.74) is 1.14. The van der Waals surface area contributed by atoms with E-state index in [2.05, 4.69) is 15.9 Å². The van der Waals surface area contributed by atoms with E-state index in [9.17, 15) is 4.79 Å². The Morgan fingerprint density at radius 3 is 2.53 bits per heavy atom. The van der Waals surface area contributed by atoms with Gasteiger partial charge in [-0.15, -0.1) is 0 Å². The first-order valence-corrected chi connectivity index (χ1v) is 6.86. The third-order valence-corrected chi connectivity index (χ3v) is 3.59. The van der Waals surface area contributed by atoms with Gasteiger partial charge < -0.3 is 9.64 Å². The number of Topliss-reactive ketones (excluding diaryl/α,β-unsaturated/α-hetero) is 1. The Hall–Kier alpha value is -1.55. The standard InChI is InChI=1S/C15H22N2O2/c1-3-13(18)12-16-8-10-17(11-9-16)14-6-4-5-7-15(14)19-2/h4-7H,3,8-12H2,1-2H3. The van der Waals surface area contributed by atoms with Gasteiger partial charge in [0.15, 0.2) is 0 Å². The Labute approximate surface area is 115 Å². The topological polar surface area (TPSA) is 32.8 Å². The molecule has 0 bridgehead atoms. The molecule has 1 aliphatic heterocycles. The minimum atomic E-state index is 0.325. The van der Waals surface area contributed by atoms with E-state index in [1.165, 1.54) is 0 Å². The zero-order valence-corrected chi connectivity index (χ0v) is 11.8. The zero-order chi connectivity index (χ0) is 13.7. The lowest BCUT2D eigenvalue weighted by atomic mass is 10.2. The first kappa shape index (κ1) is 13.9. The van der Waals surface area contributed by atoms with E-state index >= 15 is 0 Å². The van der Waals surface area contributed by atoms with Crippen LogP contribution in [-0.4, -0.2) is 50.5 Å². The third-order valence-electron chi connectivity index (χ3n) is 3.59. The van der Waals surface area contributed by atoms with Crippen molar-refractivity contribution in [2.24, 2.45) is 0 Å². The quantitative estimate of drug-likeness (QED) is 0.810. The maximum Gasteiger partial charge on any atom is 0.146 e. The SMILES string of the molecule is CCC(=O)CN1CCN(c2ccccc2OC)CC1. The summed E-state index contributed by atoms with van der Waals surface area (Å²) < 4.78 is 5.40. The third kappa shape index (κ3) is 3.47. The normalized spacial score (nSPS) is 16.4. The Balaban J connectivity index is 1.94. The number of hydrogen-bond donors (Lipinski definition) is 0. The number of carbonyl (C=O) groups excluding carboxylic acids is 1. The van der Waals surface area contributed by atoms with Gasteiger partial charge in [-0.1, -0.05) is 19.1 Å². The van der Waals surface area contributed by atoms with E-state index in [1.54, 1.807) is 7.11 Å². The summed E-state index contributed by atoms with van der Waals surface area (Å²) in [6.45, 7) is 6.27. The van der Waals surface area contributed by atoms with E-state index in [1.807, 2.05) is 25.1 Å². The van der Waals surface area contributed by atoms with Crippen molar-refractivity contribution in [1.82, 2.24) is 4.90 Å². The Morgan fingerprint density at radius 2 is 1.89 bits per heavy atom. The molecule has 0 unspecified atom stereocenters. The van der Waals surface area contributed by atoms with Crippen LogP contribution >= 0.6 is 0 Å². The molecule has 0 aliphatic carbocycles. The van der Waals surface area contributed by atoms with Gasteiger partial charge in [0, 0.05) is 32.6 Å².